The van der Waals surface area contributed by atoms with Crippen molar-refractivity contribution >= 4 is 18.2 Å². The highest BCUT2D eigenvalue weighted by Crippen LogP contribution is 2.31. The second kappa shape index (κ2) is 15.6. The van der Waals surface area contributed by atoms with E-state index in [1.165, 1.54) is 0 Å². The molecule has 0 unspecified atom stereocenters. The molecule has 0 aromatic heterocycles. The third-order valence-corrected chi connectivity index (χ3v) is 7.80. The van der Waals surface area contributed by atoms with Crippen LogP contribution in [-0.2, 0) is 32.2 Å². The van der Waals surface area contributed by atoms with Crippen molar-refractivity contribution in [1.29, 1.82) is 0 Å². The van der Waals surface area contributed by atoms with Crippen molar-refractivity contribution in [2.45, 2.75) is 116 Å². The van der Waals surface area contributed by atoms with Crippen LogP contribution in [0, 0.1) is 5.92 Å². The first-order valence-corrected chi connectivity index (χ1v) is 15.5. The molecule has 0 radical (unpaired) electrons. The van der Waals surface area contributed by atoms with Gasteiger partial charge in [-0.2, -0.15) is 0 Å². The summed E-state index contributed by atoms with van der Waals surface area (Å²) in [6, 6.07) is 16.5. The van der Waals surface area contributed by atoms with Gasteiger partial charge in [0.15, 0.2) is 0 Å². The molecule has 2 aromatic rings. The lowest BCUT2D eigenvalue weighted by Crippen LogP contribution is -2.46. The lowest BCUT2D eigenvalue weighted by atomic mass is 9.83. The molecule has 9 nitrogen and oxygen atoms in total. The van der Waals surface area contributed by atoms with Gasteiger partial charge in [-0.15, -0.1) is 0 Å². The summed E-state index contributed by atoms with van der Waals surface area (Å²) in [7, 11) is 0. The van der Waals surface area contributed by atoms with Gasteiger partial charge in [0.25, 0.3) is 0 Å². The SMILES string of the molecule is CC(C)(C)OC(=O)N[C@@H](CC1CCC(Oc2ccc(CNC(=O)OCc3ccccc3)cc2)CC1)C(=O)OC1CCCC1. The van der Waals surface area contributed by atoms with E-state index in [-0.39, 0.29) is 30.7 Å². The van der Waals surface area contributed by atoms with E-state index in [1.807, 2.05) is 54.6 Å². The first-order chi connectivity index (χ1) is 20.6. The predicted molar refractivity (Wildman–Crippen MR) is 162 cm³/mol. The highest BCUT2D eigenvalue weighted by atomic mass is 16.6. The third kappa shape index (κ3) is 11.5. The van der Waals surface area contributed by atoms with Crippen LogP contribution in [0.1, 0.15) is 89.7 Å². The number of carbonyl (C=O) groups excluding carboxylic acids is 3. The van der Waals surface area contributed by atoms with Crippen molar-refractivity contribution in [3.8, 4) is 5.75 Å². The number of amides is 2. The summed E-state index contributed by atoms with van der Waals surface area (Å²) < 4.78 is 22.7. The van der Waals surface area contributed by atoms with Crippen LogP contribution in [0.25, 0.3) is 0 Å². The standard InChI is InChI=1S/C34H46N2O7/c1-34(2,3)43-33(39)36-30(31(37)42-27-11-7-8-12-27)21-24-13-17-28(18-14-24)41-29-19-15-25(16-20-29)22-35-32(38)40-23-26-9-5-4-6-10-26/h4-6,9-10,15-16,19-20,24,27-28,30H,7-8,11-14,17-18,21-23H2,1-3H3,(H,35,38)(H,36,39)/t24?,28?,30-/m0/s1. The van der Waals surface area contributed by atoms with Crippen molar-refractivity contribution in [1.82, 2.24) is 10.6 Å². The molecule has 0 aliphatic heterocycles. The van der Waals surface area contributed by atoms with Crippen LogP contribution >= 0.6 is 0 Å². The molecular weight excluding hydrogens is 548 g/mol. The molecule has 2 aliphatic rings. The number of alkyl carbamates (subject to hydrolysis) is 2. The summed E-state index contributed by atoms with van der Waals surface area (Å²) in [4.78, 5) is 37.6. The monoisotopic (exact) mass is 594 g/mol. The van der Waals surface area contributed by atoms with E-state index in [0.29, 0.717) is 13.0 Å². The second-order valence-corrected chi connectivity index (χ2v) is 12.6. The first-order valence-electron chi connectivity index (χ1n) is 15.5. The van der Waals surface area contributed by atoms with Crippen molar-refractivity contribution in [3.63, 3.8) is 0 Å². The molecule has 2 amide bonds. The number of carbonyl (C=O) groups is 3. The third-order valence-electron chi connectivity index (χ3n) is 7.80. The van der Waals surface area contributed by atoms with E-state index in [2.05, 4.69) is 10.6 Å². The molecule has 2 aromatic carbocycles. The molecule has 2 fully saturated rings. The quantitative estimate of drug-likeness (QED) is 0.217. The molecule has 4 rings (SSSR count). The number of hydrogen-bond donors (Lipinski definition) is 2. The Morgan fingerprint density at radius 2 is 1.49 bits per heavy atom. The molecule has 1 atom stereocenters. The van der Waals surface area contributed by atoms with Crippen molar-refractivity contribution in [3.05, 3.63) is 65.7 Å². The number of nitrogens with one attached hydrogen (secondary N) is 2. The molecule has 0 spiro atoms. The smallest absolute Gasteiger partial charge is 0.408 e. The zero-order chi connectivity index (χ0) is 30.7. The number of esters is 1. The Morgan fingerprint density at radius 1 is 0.814 bits per heavy atom. The fourth-order valence-electron chi connectivity index (χ4n) is 5.56. The molecule has 2 saturated carbocycles. The normalized spacial score (nSPS) is 19.6. The van der Waals surface area contributed by atoms with Crippen LogP contribution in [0.5, 0.6) is 5.75 Å². The van der Waals surface area contributed by atoms with Gasteiger partial charge in [0.1, 0.15) is 30.1 Å². The molecule has 0 bridgehead atoms. The Hall–Kier alpha value is -3.75. The van der Waals surface area contributed by atoms with Gasteiger partial charge in [-0.3, -0.25) is 0 Å². The molecule has 2 aliphatic carbocycles. The summed E-state index contributed by atoms with van der Waals surface area (Å²) >= 11 is 0. The van der Waals surface area contributed by atoms with Crippen LogP contribution in [0.15, 0.2) is 54.6 Å². The fraction of sp³-hybridized carbons (Fsp3) is 0.559. The molecule has 234 valence electrons. The van der Waals surface area contributed by atoms with E-state index in [1.54, 1.807) is 20.8 Å². The Morgan fingerprint density at radius 3 is 2.14 bits per heavy atom. The van der Waals surface area contributed by atoms with E-state index in [4.69, 9.17) is 18.9 Å². The maximum atomic E-state index is 13.0. The minimum atomic E-state index is -0.727. The largest absolute Gasteiger partial charge is 0.490 e. The van der Waals surface area contributed by atoms with Gasteiger partial charge in [-0.1, -0.05) is 42.5 Å². The van der Waals surface area contributed by atoms with Crippen LogP contribution in [0.3, 0.4) is 0 Å². The van der Waals surface area contributed by atoms with Gasteiger partial charge in [0.2, 0.25) is 0 Å². The van der Waals surface area contributed by atoms with E-state index < -0.39 is 23.8 Å². The molecule has 2 N–H and O–H groups in total. The number of ether oxygens (including phenoxy) is 4. The van der Waals surface area contributed by atoms with Crippen molar-refractivity contribution < 1.29 is 33.3 Å². The Balaban J connectivity index is 1.19. The maximum Gasteiger partial charge on any atom is 0.408 e. The van der Waals surface area contributed by atoms with Crippen LogP contribution < -0.4 is 15.4 Å². The molecular formula is C34H46N2O7. The Labute approximate surface area is 255 Å². The summed E-state index contributed by atoms with van der Waals surface area (Å²) in [5.74, 6) is 0.685. The lowest BCUT2D eigenvalue weighted by molar-refractivity contribution is -0.152. The van der Waals surface area contributed by atoms with Gasteiger partial charge in [0.05, 0.1) is 6.10 Å². The fourth-order valence-corrected chi connectivity index (χ4v) is 5.56. The summed E-state index contributed by atoms with van der Waals surface area (Å²) in [6.45, 7) is 5.99. The van der Waals surface area contributed by atoms with Crippen molar-refractivity contribution in [2.24, 2.45) is 5.92 Å². The van der Waals surface area contributed by atoms with Crippen LogP contribution in [0.2, 0.25) is 0 Å². The van der Waals surface area contributed by atoms with Gasteiger partial charge in [0, 0.05) is 6.54 Å². The molecule has 9 heteroatoms. The minimum absolute atomic E-state index is 0.0600. The summed E-state index contributed by atoms with van der Waals surface area (Å²) in [5.41, 5.74) is 1.23. The van der Waals surface area contributed by atoms with Crippen molar-refractivity contribution in [2.75, 3.05) is 0 Å². The second-order valence-electron chi connectivity index (χ2n) is 12.6. The number of benzene rings is 2. The average Bonchev–Trinajstić information content (AvgIpc) is 3.49. The Bertz CT molecular complexity index is 1170. The molecule has 43 heavy (non-hydrogen) atoms. The topological polar surface area (TPSA) is 112 Å². The average molecular weight is 595 g/mol. The van der Waals surface area contributed by atoms with Gasteiger partial charge < -0.3 is 29.6 Å². The minimum Gasteiger partial charge on any atom is -0.490 e. The molecule has 0 heterocycles. The first kappa shape index (κ1) is 32.2. The van der Waals surface area contributed by atoms with Gasteiger partial charge in [-0.25, -0.2) is 14.4 Å². The zero-order valence-electron chi connectivity index (χ0n) is 25.6. The molecule has 0 saturated heterocycles. The van der Waals surface area contributed by atoms with Gasteiger partial charge >= 0.3 is 18.2 Å². The zero-order valence-corrected chi connectivity index (χ0v) is 25.6. The van der Waals surface area contributed by atoms with E-state index in [0.717, 1.165) is 68.2 Å². The van der Waals surface area contributed by atoms with E-state index >= 15 is 0 Å². The van der Waals surface area contributed by atoms with Crippen LogP contribution in [-0.4, -0.2) is 42.0 Å². The highest BCUT2D eigenvalue weighted by Gasteiger charge is 2.32. The highest BCUT2D eigenvalue weighted by molar-refractivity contribution is 5.81. The summed E-state index contributed by atoms with van der Waals surface area (Å²) in [6.07, 6.45) is 6.87. The maximum absolute atomic E-state index is 13.0. The lowest BCUT2D eigenvalue weighted by Gasteiger charge is -2.31. The number of hydrogen-bond acceptors (Lipinski definition) is 7. The number of rotatable bonds is 11. The van der Waals surface area contributed by atoms with Gasteiger partial charge in [-0.05, 0) is 108 Å². The van der Waals surface area contributed by atoms with E-state index in [9.17, 15) is 14.4 Å². The van der Waals surface area contributed by atoms with Crippen LogP contribution in [0.4, 0.5) is 9.59 Å². The predicted octanol–water partition coefficient (Wildman–Crippen LogP) is 6.82. The Kier molecular flexibility index (Phi) is 11.7. The summed E-state index contributed by atoms with van der Waals surface area (Å²) in [5, 5.41) is 5.55.